The summed E-state index contributed by atoms with van der Waals surface area (Å²) in [7, 11) is 1.63. The van der Waals surface area contributed by atoms with E-state index in [1.807, 2.05) is 65.0 Å². The van der Waals surface area contributed by atoms with Crippen LogP contribution in [0.4, 0.5) is 0 Å². The van der Waals surface area contributed by atoms with Crippen molar-refractivity contribution in [2.24, 2.45) is 0 Å². The molecule has 1 amide bonds. The fourth-order valence-electron chi connectivity index (χ4n) is 3.84. The summed E-state index contributed by atoms with van der Waals surface area (Å²) in [6.45, 7) is 10.1. The lowest BCUT2D eigenvalue weighted by molar-refractivity contribution is -0.129. The van der Waals surface area contributed by atoms with Crippen LogP contribution in [-0.4, -0.2) is 24.7 Å². The van der Waals surface area contributed by atoms with Crippen molar-refractivity contribution in [3.8, 4) is 17.2 Å². The highest BCUT2D eigenvalue weighted by Crippen LogP contribution is 2.41. The average molecular weight is 398 g/mol. The lowest BCUT2D eigenvalue weighted by atomic mass is 9.89. The molecule has 0 spiro atoms. The minimum absolute atomic E-state index is 0.122. The molecule has 1 aliphatic heterocycles. The maximum absolute atomic E-state index is 13.1. The first-order valence-corrected chi connectivity index (χ1v) is 10.1. The summed E-state index contributed by atoms with van der Waals surface area (Å²) in [6, 6.07) is 11.5. The zero-order valence-corrected chi connectivity index (χ0v) is 18.2. The number of methoxy groups -OCH3 is 1. The van der Waals surface area contributed by atoms with Gasteiger partial charge in [0.15, 0.2) is 6.10 Å². The Kier molecular flexibility index (Phi) is 6.06. The molecule has 0 fully saturated rings. The Balaban J connectivity index is 1.81. The van der Waals surface area contributed by atoms with E-state index in [-0.39, 0.29) is 17.6 Å². The van der Waals surface area contributed by atoms with Crippen molar-refractivity contribution in [3.05, 3.63) is 53.1 Å². The lowest BCUT2D eigenvalue weighted by Gasteiger charge is -2.38. The van der Waals surface area contributed by atoms with Crippen LogP contribution in [-0.2, 0) is 4.79 Å². The zero-order valence-electron chi connectivity index (χ0n) is 18.2. The van der Waals surface area contributed by atoms with E-state index in [1.54, 1.807) is 7.11 Å². The molecule has 3 rings (SSSR count). The quantitative estimate of drug-likeness (QED) is 0.754. The van der Waals surface area contributed by atoms with E-state index in [2.05, 4.69) is 11.4 Å². The van der Waals surface area contributed by atoms with Gasteiger partial charge in [0.25, 0.3) is 5.91 Å². The molecule has 0 saturated heterocycles. The Morgan fingerprint density at radius 2 is 1.86 bits per heavy atom. The fourth-order valence-corrected chi connectivity index (χ4v) is 3.84. The second-order valence-electron chi connectivity index (χ2n) is 8.37. The second kappa shape index (κ2) is 8.36. The van der Waals surface area contributed by atoms with Gasteiger partial charge in [0.1, 0.15) is 22.8 Å². The molecule has 1 heterocycles. The summed E-state index contributed by atoms with van der Waals surface area (Å²) < 4.78 is 17.5. The smallest absolute Gasteiger partial charge is 0.261 e. The Labute approximate surface area is 173 Å². The number of benzene rings is 2. The monoisotopic (exact) mass is 397 g/mol. The van der Waals surface area contributed by atoms with Crippen LogP contribution < -0.4 is 19.5 Å². The Hall–Kier alpha value is -2.69. The molecule has 0 aliphatic carbocycles. The molecule has 0 radical (unpaired) electrons. The average Bonchev–Trinajstić information content (AvgIpc) is 2.64. The number of hydrogen-bond acceptors (Lipinski definition) is 4. The Morgan fingerprint density at radius 1 is 1.17 bits per heavy atom. The third-order valence-corrected chi connectivity index (χ3v) is 5.13. The summed E-state index contributed by atoms with van der Waals surface area (Å²) in [5, 5.41) is 3.18. The highest BCUT2D eigenvalue weighted by Gasteiger charge is 2.36. The van der Waals surface area contributed by atoms with Crippen LogP contribution in [0.25, 0.3) is 0 Å². The van der Waals surface area contributed by atoms with Gasteiger partial charge in [-0.2, -0.15) is 0 Å². The van der Waals surface area contributed by atoms with E-state index >= 15 is 0 Å². The van der Waals surface area contributed by atoms with Crippen LogP contribution in [0.1, 0.15) is 56.3 Å². The van der Waals surface area contributed by atoms with E-state index in [0.717, 1.165) is 33.9 Å². The van der Waals surface area contributed by atoms with Crippen LogP contribution in [0.2, 0.25) is 0 Å². The van der Waals surface area contributed by atoms with Gasteiger partial charge in [-0.25, -0.2) is 0 Å². The summed E-state index contributed by atoms with van der Waals surface area (Å²) in [5.41, 5.74) is 2.78. The largest absolute Gasteiger partial charge is 0.497 e. The molecule has 0 aromatic heterocycles. The number of amides is 1. The van der Waals surface area contributed by atoms with Crippen LogP contribution in [0.15, 0.2) is 36.4 Å². The van der Waals surface area contributed by atoms with Crippen LogP contribution in [0, 0.1) is 13.8 Å². The molecule has 5 heteroatoms. The summed E-state index contributed by atoms with van der Waals surface area (Å²) >= 11 is 0. The molecule has 1 N–H and O–H groups in total. The highest BCUT2D eigenvalue weighted by molar-refractivity contribution is 5.81. The predicted molar refractivity (Wildman–Crippen MR) is 114 cm³/mol. The topological polar surface area (TPSA) is 56.8 Å². The van der Waals surface area contributed by atoms with Gasteiger partial charge in [-0.05, 0) is 75.6 Å². The second-order valence-corrected chi connectivity index (χ2v) is 8.37. The lowest BCUT2D eigenvalue weighted by Crippen LogP contribution is -2.45. The fraction of sp³-hybridized carbons (Fsp3) is 0.458. The highest BCUT2D eigenvalue weighted by atomic mass is 16.5. The third-order valence-electron chi connectivity index (χ3n) is 5.13. The summed E-state index contributed by atoms with van der Waals surface area (Å²) in [6.07, 6.45) is 0.686. The van der Waals surface area contributed by atoms with Crippen molar-refractivity contribution >= 4 is 5.91 Å². The minimum Gasteiger partial charge on any atom is -0.497 e. The number of aryl methyl sites for hydroxylation is 2. The third kappa shape index (κ3) is 5.03. The number of ether oxygens (including phenoxy) is 3. The number of hydrogen-bond donors (Lipinski definition) is 1. The maximum Gasteiger partial charge on any atom is 0.261 e. The van der Waals surface area contributed by atoms with Gasteiger partial charge < -0.3 is 19.5 Å². The van der Waals surface area contributed by atoms with Gasteiger partial charge in [-0.15, -0.1) is 0 Å². The normalized spacial score (nSPS) is 18.2. The molecule has 0 saturated carbocycles. The molecular formula is C24H31NO4. The van der Waals surface area contributed by atoms with Crippen molar-refractivity contribution in [2.45, 2.75) is 65.2 Å². The number of rotatable bonds is 6. The van der Waals surface area contributed by atoms with Gasteiger partial charge >= 0.3 is 0 Å². The molecular weight excluding hydrogens is 366 g/mol. The Bertz CT molecular complexity index is 870. The molecule has 0 unspecified atom stereocenters. The first-order chi connectivity index (χ1) is 13.7. The molecule has 1 aliphatic rings. The van der Waals surface area contributed by atoms with E-state index in [1.165, 1.54) is 0 Å². The van der Waals surface area contributed by atoms with E-state index < -0.39 is 6.10 Å². The molecule has 156 valence electrons. The molecule has 2 atom stereocenters. The minimum atomic E-state index is -0.559. The summed E-state index contributed by atoms with van der Waals surface area (Å²) in [5.74, 6) is 2.11. The zero-order chi connectivity index (χ0) is 21.2. The van der Waals surface area contributed by atoms with Crippen molar-refractivity contribution in [1.29, 1.82) is 0 Å². The van der Waals surface area contributed by atoms with Gasteiger partial charge in [0.2, 0.25) is 0 Å². The van der Waals surface area contributed by atoms with E-state index in [0.29, 0.717) is 12.8 Å². The number of carbonyl (C=O) groups is 1. The molecule has 29 heavy (non-hydrogen) atoms. The first kappa shape index (κ1) is 21.0. The SMILES string of the molecule is CC[C@@H](Oc1cc(C)cc(C)c1)C(=O)N[C@H]1CC(C)(C)Oc2ccc(OC)cc21. The standard InChI is InChI=1S/C24H31NO4/c1-7-21(28-18-11-15(2)10-16(3)12-18)23(26)25-20-14-24(4,5)29-22-9-8-17(27-6)13-19(20)22/h8-13,20-21H,7,14H2,1-6H3,(H,25,26)/t20-,21+/m0/s1. The first-order valence-electron chi connectivity index (χ1n) is 10.1. The number of fused-ring (bicyclic) bond motifs is 1. The van der Waals surface area contributed by atoms with Gasteiger partial charge in [0.05, 0.1) is 13.2 Å². The van der Waals surface area contributed by atoms with Crippen molar-refractivity contribution < 1.29 is 19.0 Å². The van der Waals surface area contributed by atoms with Gasteiger partial charge in [-0.1, -0.05) is 13.0 Å². The van der Waals surface area contributed by atoms with Crippen molar-refractivity contribution in [1.82, 2.24) is 5.32 Å². The number of carbonyl (C=O) groups excluding carboxylic acids is 1. The Morgan fingerprint density at radius 3 is 2.48 bits per heavy atom. The molecule has 5 nitrogen and oxygen atoms in total. The van der Waals surface area contributed by atoms with E-state index in [9.17, 15) is 4.79 Å². The number of nitrogens with one attached hydrogen (secondary N) is 1. The van der Waals surface area contributed by atoms with Crippen LogP contribution in [0.3, 0.4) is 0 Å². The van der Waals surface area contributed by atoms with Crippen LogP contribution >= 0.6 is 0 Å². The van der Waals surface area contributed by atoms with Crippen molar-refractivity contribution in [2.75, 3.05) is 7.11 Å². The summed E-state index contributed by atoms with van der Waals surface area (Å²) in [4.78, 5) is 13.1. The van der Waals surface area contributed by atoms with Gasteiger partial charge in [-0.3, -0.25) is 4.79 Å². The van der Waals surface area contributed by atoms with Crippen molar-refractivity contribution in [3.63, 3.8) is 0 Å². The molecule has 0 bridgehead atoms. The predicted octanol–water partition coefficient (Wildman–Crippen LogP) is 4.89. The molecule has 2 aromatic carbocycles. The van der Waals surface area contributed by atoms with E-state index in [4.69, 9.17) is 14.2 Å². The molecule has 2 aromatic rings. The maximum atomic E-state index is 13.1. The van der Waals surface area contributed by atoms with Gasteiger partial charge in [0, 0.05) is 12.0 Å². The van der Waals surface area contributed by atoms with Crippen LogP contribution in [0.5, 0.6) is 17.2 Å².